The third-order valence-electron chi connectivity index (χ3n) is 6.15. The molecule has 0 unspecified atom stereocenters. The van der Waals surface area contributed by atoms with Crippen LogP contribution in [0.15, 0.2) is 64.5 Å². The maximum absolute atomic E-state index is 13.9. The standard InChI is InChI=1S/C30H32N2O7S/c1-6-10-20-13-18(14-24(27(20)33)39-9-4)15-25-28(34)32-26(21(29(35)36-5)17-31-30(32)40-25)19-11-12-22(37-7-2)23(16-19)38-8-3/h6,11-17,26,33H,1,7-10H2,2-5H3/b25-15-/t26-/m0/s1. The number of carbonyl (C=O) groups excluding carboxylic acids is 1. The molecular weight excluding hydrogens is 532 g/mol. The fourth-order valence-electron chi connectivity index (χ4n) is 4.49. The lowest BCUT2D eigenvalue weighted by Crippen LogP contribution is -2.39. The van der Waals surface area contributed by atoms with Gasteiger partial charge in [0.15, 0.2) is 27.8 Å². The van der Waals surface area contributed by atoms with Gasteiger partial charge in [-0.2, -0.15) is 0 Å². The van der Waals surface area contributed by atoms with Crippen molar-refractivity contribution in [3.8, 4) is 23.0 Å². The molecule has 1 aliphatic heterocycles. The molecule has 4 rings (SSSR count). The Labute approximate surface area is 235 Å². The van der Waals surface area contributed by atoms with Crippen molar-refractivity contribution in [3.05, 3.63) is 91.1 Å². The smallest absolute Gasteiger partial charge is 0.337 e. The van der Waals surface area contributed by atoms with E-state index in [-0.39, 0.29) is 16.9 Å². The van der Waals surface area contributed by atoms with Crippen LogP contribution in [0.1, 0.15) is 43.5 Å². The molecule has 0 amide bonds. The van der Waals surface area contributed by atoms with Gasteiger partial charge in [-0.1, -0.05) is 23.5 Å². The van der Waals surface area contributed by atoms with Crippen molar-refractivity contribution in [1.82, 2.24) is 4.57 Å². The Kier molecular flexibility index (Phi) is 9.11. The number of aromatic hydroxyl groups is 1. The molecular formula is C30H32N2O7S. The second kappa shape index (κ2) is 12.7. The Hall–Kier alpha value is -4.31. The van der Waals surface area contributed by atoms with Gasteiger partial charge in [-0.05, 0) is 68.7 Å². The van der Waals surface area contributed by atoms with Crippen LogP contribution in [-0.4, -0.2) is 42.6 Å². The topological polar surface area (TPSA) is 109 Å². The predicted molar refractivity (Wildman–Crippen MR) is 153 cm³/mol. The lowest BCUT2D eigenvalue weighted by molar-refractivity contribution is -0.136. The van der Waals surface area contributed by atoms with Crippen molar-refractivity contribution in [2.45, 2.75) is 33.2 Å². The van der Waals surface area contributed by atoms with E-state index >= 15 is 0 Å². The van der Waals surface area contributed by atoms with E-state index in [9.17, 15) is 14.7 Å². The van der Waals surface area contributed by atoms with E-state index in [1.807, 2.05) is 20.8 Å². The van der Waals surface area contributed by atoms with Crippen molar-refractivity contribution in [1.29, 1.82) is 0 Å². The highest BCUT2D eigenvalue weighted by atomic mass is 32.1. The first-order chi connectivity index (χ1) is 19.4. The minimum absolute atomic E-state index is 0.0451. The molecule has 210 valence electrons. The molecule has 9 nitrogen and oxygen atoms in total. The monoisotopic (exact) mass is 564 g/mol. The van der Waals surface area contributed by atoms with Crippen molar-refractivity contribution in [3.63, 3.8) is 0 Å². The number of thiazole rings is 1. The molecule has 3 aromatic rings. The van der Waals surface area contributed by atoms with Gasteiger partial charge in [0.1, 0.15) is 0 Å². The molecule has 10 heteroatoms. The third kappa shape index (κ3) is 5.67. The molecule has 40 heavy (non-hydrogen) atoms. The van der Waals surface area contributed by atoms with E-state index in [1.165, 1.54) is 29.2 Å². The number of nitrogens with zero attached hydrogens (tertiary/aromatic N) is 2. The first kappa shape index (κ1) is 28.7. The van der Waals surface area contributed by atoms with Gasteiger partial charge in [0.2, 0.25) is 0 Å². The number of aromatic nitrogens is 1. The average Bonchev–Trinajstić information content (AvgIpc) is 3.26. The number of allylic oxidation sites excluding steroid dienone is 1. The molecule has 2 heterocycles. The number of methoxy groups -OCH3 is 1. The highest BCUT2D eigenvalue weighted by molar-refractivity contribution is 7.07. The van der Waals surface area contributed by atoms with Crippen LogP contribution in [-0.2, 0) is 16.0 Å². The van der Waals surface area contributed by atoms with E-state index in [0.717, 1.165) is 0 Å². The van der Waals surface area contributed by atoms with Crippen LogP contribution < -0.4 is 29.1 Å². The minimum Gasteiger partial charge on any atom is -0.504 e. The number of hydrogen-bond acceptors (Lipinski definition) is 9. The molecule has 0 radical (unpaired) electrons. The normalized spacial score (nSPS) is 14.6. The van der Waals surface area contributed by atoms with Gasteiger partial charge in [-0.15, -0.1) is 6.58 Å². The number of ether oxygens (including phenoxy) is 4. The summed E-state index contributed by atoms with van der Waals surface area (Å²) in [5.74, 6) is 0.849. The van der Waals surface area contributed by atoms with Crippen LogP contribution in [0.4, 0.5) is 0 Å². The Bertz CT molecular complexity index is 1630. The van der Waals surface area contributed by atoms with Gasteiger partial charge in [-0.25, -0.2) is 9.79 Å². The number of carbonyl (C=O) groups is 1. The van der Waals surface area contributed by atoms with Gasteiger partial charge < -0.3 is 24.1 Å². The van der Waals surface area contributed by atoms with Crippen molar-refractivity contribution < 1.29 is 28.8 Å². The highest BCUT2D eigenvalue weighted by Crippen LogP contribution is 2.35. The zero-order valence-electron chi connectivity index (χ0n) is 22.9. The summed E-state index contributed by atoms with van der Waals surface area (Å²) in [6, 6.07) is 8.01. The maximum atomic E-state index is 13.9. The van der Waals surface area contributed by atoms with Crippen molar-refractivity contribution >= 4 is 23.4 Å². The minimum atomic E-state index is -0.795. The molecule has 1 atom stereocenters. The van der Waals surface area contributed by atoms with Gasteiger partial charge in [-0.3, -0.25) is 9.36 Å². The molecule has 1 aromatic heterocycles. The van der Waals surface area contributed by atoms with Crippen LogP contribution in [0, 0.1) is 0 Å². The summed E-state index contributed by atoms with van der Waals surface area (Å²) in [4.78, 5) is 31.5. The summed E-state index contributed by atoms with van der Waals surface area (Å²) in [6.07, 6.45) is 5.28. The number of hydrogen-bond donors (Lipinski definition) is 1. The predicted octanol–water partition coefficient (Wildman–Crippen LogP) is 3.65. The van der Waals surface area contributed by atoms with Crippen LogP contribution in [0.5, 0.6) is 23.0 Å². The van der Waals surface area contributed by atoms with E-state index in [2.05, 4.69) is 11.6 Å². The summed E-state index contributed by atoms with van der Waals surface area (Å²) in [5.41, 5.74) is 1.83. The Morgan fingerprint density at radius 1 is 1.07 bits per heavy atom. The molecule has 2 aromatic carbocycles. The zero-order valence-corrected chi connectivity index (χ0v) is 23.7. The summed E-state index contributed by atoms with van der Waals surface area (Å²) >= 11 is 1.20. The number of benzene rings is 2. The summed E-state index contributed by atoms with van der Waals surface area (Å²) in [6.45, 7) is 10.6. The van der Waals surface area contributed by atoms with Gasteiger partial charge in [0.25, 0.3) is 5.56 Å². The number of phenolic OH excluding ortho intramolecular Hbond substituents is 1. The third-order valence-corrected chi connectivity index (χ3v) is 7.14. The van der Waals surface area contributed by atoms with Crippen molar-refractivity contribution in [2.24, 2.45) is 4.99 Å². The molecule has 0 aliphatic carbocycles. The lowest BCUT2D eigenvalue weighted by Gasteiger charge is -2.23. The highest BCUT2D eigenvalue weighted by Gasteiger charge is 2.31. The number of rotatable bonds is 11. The average molecular weight is 565 g/mol. The summed E-state index contributed by atoms with van der Waals surface area (Å²) < 4.78 is 24.0. The van der Waals surface area contributed by atoms with Gasteiger partial charge in [0, 0.05) is 11.8 Å². The van der Waals surface area contributed by atoms with Crippen LogP contribution >= 0.6 is 11.3 Å². The Balaban J connectivity index is 1.91. The fraction of sp³-hybridized carbons (Fsp3) is 0.300. The molecule has 0 saturated carbocycles. The fourth-order valence-corrected chi connectivity index (χ4v) is 5.46. The molecule has 0 bridgehead atoms. The van der Waals surface area contributed by atoms with Crippen molar-refractivity contribution in [2.75, 3.05) is 26.9 Å². The van der Waals surface area contributed by atoms with Gasteiger partial charge in [0.05, 0.1) is 43.1 Å². The van der Waals surface area contributed by atoms with Crippen LogP contribution in [0.2, 0.25) is 0 Å². The number of esters is 1. The number of fused-ring (bicyclic) bond motifs is 1. The van der Waals surface area contributed by atoms with E-state index < -0.39 is 12.0 Å². The lowest BCUT2D eigenvalue weighted by atomic mass is 9.97. The molecule has 1 aliphatic rings. The maximum Gasteiger partial charge on any atom is 0.337 e. The SMILES string of the molecule is C=CCc1cc(/C=c2\sc3n(c2=O)[C@@H](c2ccc(OCC)c(OCC)c2)C(C(=O)OC)=CN=3)cc(OCC)c1O. The molecule has 0 fully saturated rings. The van der Waals surface area contributed by atoms with E-state index in [1.54, 1.807) is 42.5 Å². The Morgan fingerprint density at radius 3 is 2.45 bits per heavy atom. The van der Waals surface area contributed by atoms with E-state index in [0.29, 0.717) is 69.5 Å². The van der Waals surface area contributed by atoms with E-state index in [4.69, 9.17) is 18.9 Å². The number of phenols is 1. The summed E-state index contributed by atoms with van der Waals surface area (Å²) in [7, 11) is 1.29. The first-order valence-corrected chi connectivity index (χ1v) is 13.8. The zero-order chi connectivity index (χ0) is 28.8. The molecule has 0 spiro atoms. The molecule has 1 N–H and O–H groups in total. The quantitative estimate of drug-likeness (QED) is 0.280. The largest absolute Gasteiger partial charge is 0.504 e. The Morgan fingerprint density at radius 2 is 1.77 bits per heavy atom. The second-order valence-corrected chi connectivity index (χ2v) is 9.71. The van der Waals surface area contributed by atoms with Crippen LogP contribution in [0.3, 0.4) is 0 Å². The summed E-state index contributed by atoms with van der Waals surface area (Å²) in [5, 5.41) is 10.6. The van der Waals surface area contributed by atoms with Crippen LogP contribution in [0.25, 0.3) is 6.08 Å². The second-order valence-electron chi connectivity index (χ2n) is 8.70. The van der Waals surface area contributed by atoms with Gasteiger partial charge >= 0.3 is 5.97 Å². The first-order valence-electron chi connectivity index (χ1n) is 12.9. The molecule has 0 saturated heterocycles.